The summed E-state index contributed by atoms with van der Waals surface area (Å²) < 4.78 is 1.69. The van der Waals surface area contributed by atoms with Crippen LogP contribution in [0.3, 0.4) is 0 Å². The van der Waals surface area contributed by atoms with Crippen LogP contribution in [0.15, 0.2) is 45.2 Å². The molecule has 8 heteroatoms. The predicted octanol–water partition coefficient (Wildman–Crippen LogP) is 4.53. The minimum atomic E-state index is -0.122. The molecular weight excluding hydrogens is 404 g/mol. The molecule has 0 unspecified atom stereocenters. The number of hydrogen-bond donors (Lipinski definition) is 2. The van der Waals surface area contributed by atoms with E-state index < -0.39 is 0 Å². The first-order valence-corrected chi connectivity index (χ1v) is 11.7. The van der Waals surface area contributed by atoms with Crippen molar-refractivity contribution in [3.63, 3.8) is 0 Å². The summed E-state index contributed by atoms with van der Waals surface area (Å²) in [6.07, 6.45) is 2.87. The van der Waals surface area contributed by atoms with E-state index in [1.54, 1.807) is 16.3 Å². The number of carbonyl (C=O) groups is 1. The van der Waals surface area contributed by atoms with E-state index in [1.165, 1.54) is 11.8 Å². The number of rotatable bonds is 8. The lowest BCUT2D eigenvalue weighted by atomic mass is 10.1. The summed E-state index contributed by atoms with van der Waals surface area (Å²) in [6.45, 7) is 6.73. The third-order valence-corrected chi connectivity index (χ3v) is 6.16. The van der Waals surface area contributed by atoms with Gasteiger partial charge in [-0.25, -0.2) is 4.98 Å². The van der Waals surface area contributed by atoms with Gasteiger partial charge in [0.25, 0.3) is 5.56 Å². The van der Waals surface area contributed by atoms with Crippen molar-refractivity contribution in [1.29, 1.82) is 0 Å². The zero-order valence-electron chi connectivity index (χ0n) is 17.1. The number of nitrogens with zero attached hydrogens (tertiary/aromatic N) is 2. The Labute approximate surface area is 178 Å². The van der Waals surface area contributed by atoms with Crippen LogP contribution in [0.5, 0.6) is 0 Å². The number of carbonyl (C=O) groups excluding carboxylic acids is 1. The molecule has 0 aliphatic carbocycles. The fourth-order valence-corrected chi connectivity index (χ4v) is 4.22. The molecule has 0 saturated heterocycles. The van der Waals surface area contributed by atoms with Crippen molar-refractivity contribution in [2.75, 3.05) is 17.3 Å². The van der Waals surface area contributed by atoms with Gasteiger partial charge in [-0.2, -0.15) is 0 Å². The lowest BCUT2D eigenvalue weighted by Crippen LogP contribution is -2.25. The lowest BCUT2D eigenvalue weighted by molar-refractivity contribution is -0.113. The molecule has 0 atom stereocenters. The molecular formula is C21H26N4O2S2. The topological polar surface area (TPSA) is 79.8 Å². The highest BCUT2D eigenvalue weighted by Gasteiger charge is 2.15. The number of aryl methyl sites for hydroxylation is 1. The summed E-state index contributed by atoms with van der Waals surface area (Å²) in [5, 5.41) is 3.50. The van der Waals surface area contributed by atoms with Crippen LogP contribution in [-0.2, 0) is 11.3 Å². The fourth-order valence-electron chi connectivity index (χ4n) is 2.93. The monoisotopic (exact) mass is 430 g/mol. The van der Waals surface area contributed by atoms with E-state index in [4.69, 9.17) is 0 Å². The summed E-state index contributed by atoms with van der Waals surface area (Å²) >= 11 is 2.92. The van der Waals surface area contributed by atoms with Gasteiger partial charge < -0.3 is 10.3 Å². The van der Waals surface area contributed by atoms with Gasteiger partial charge in [-0.3, -0.25) is 14.2 Å². The van der Waals surface area contributed by atoms with Gasteiger partial charge in [-0.05, 0) is 49.8 Å². The molecule has 2 aromatic heterocycles. The van der Waals surface area contributed by atoms with Crippen LogP contribution < -0.4 is 10.9 Å². The standard InChI is InChI=1S/C21H26N4O2S2/c1-13(2)8-9-25-20(27)19-17(10-14(3)22-19)24-21(25)29-12-18(26)23-15-6-5-7-16(11-15)28-4/h5-7,10-11,13,22H,8-9,12H2,1-4H3,(H,23,26). The second kappa shape index (κ2) is 9.54. The van der Waals surface area contributed by atoms with Crippen molar-refractivity contribution < 1.29 is 4.79 Å². The number of aromatic amines is 1. The Hall–Kier alpha value is -2.19. The van der Waals surface area contributed by atoms with Gasteiger partial charge in [0.2, 0.25) is 5.91 Å². The van der Waals surface area contributed by atoms with Crippen molar-refractivity contribution in [1.82, 2.24) is 14.5 Å². The Kier molecular flexibility index (Phi) is 7.08. The first kappa shape index (κ1) is 21.5. The zero-order chi connectivity index (χ0) is 21.0. The molecule has 2 heterocycles. The van der Waals surface area contributed by atoms with E-state index in [1.807, 2.05) is 43.5 Å². The molecule has 0 aliphatic heterocycles. The van der Waals surface area contributed by atoms with Gasteiger partial charge in [0.05, 0.1) is 11.3 Å². The number of nitrogens with one attached hydrogen (secondary N) is 2. The van der Waals surface area contributed by atoms with Gasteiger partial charge in [0, 0.05) is 22.8 Å². The van der Waals surface area contributed by atoms with Crippen LogP contribution in [-0.4, -0.2) is 32.5 Å². The first-order valence-electron chi connectivity index (χ1n) is 9.54. The van der Waals surface area contributed by atoms with E-state index in [0.717, 1.165) is 22.7 Å². The Morgan fingerprint density at radius 2 is 2.10 bits per heavy atom. The molecule has 154 valence electrons. The first-order chi connectivity index (χ1) is 13.9. The van der Waals surface area contributed by atoms with Gasteiger partial charge in [0.15, 0.2) is 5.16 Å². The van der Waals surface area contributed by atoms with E-state index in [9.17, 15) is 9.59 Å². The Balaban J connectivity index is 1.79. The number of fused-ring (bicyclic) bond motifs is 1. The molecule has 3 rings (SSSR count). The largest absolute Gasteiger partial charge is 0.353 e. The van der Waals surface area contributed by atoms with Crippen LogP contribution in [0.1, 0.15) is 26.0 Å². The third kappa shape index (κ3) is 5.45. The molecule has 6 nitrogen and oxygen atoms in total. The number of amides is 1. The molecule has 0 spiro atoms. The number of H-pyrrole nitrogens is 1. The summed E-state index contributed by atoms with van der Waals surface area (Å²) in [5.41, 5.74) is 2.75. The quantitative estimate of drug-likeness (QED) is 0.405. The van der Waals surface area contributed by atoms with Crippen LogP contribution in [0.2, 0.25) is 0 Å². The summed E-state index contributed by atoms with van der Waals surface area (Å²) in [4.78, 5) is 34.3. The maximum atomic E-state index is 13.0. The molecule has 0 bridgehead atoms. The second-order valence-corrected chi connectivity index (χ2v) is 9.14. The number of anilines is 1. The van der Waals surface area contributed by atoms with Gasteiger partial charge >= 0.3 is 0 Å². The SMILES string of the molecule is CSc1cccc(NC(=O)CSc2nc3cc(C)[nH]c3c(=O)n2CCC(C)C)c1. The van der Waals surface area contributed by atoms with Crippen molar-refractivity contribution in [3.8, 4) is 0 Å². The van der Waals surface area contributed by atoms with Gasteiger partial charge in [-0.15, -0.1) is 11.8 Å². The highest BCUT2D eigenvalue weighted by Crippen LogP contribution is 2.21. The number of benzene rings is 1. The van der Waals surface area contributed by atoms with Crippen molar-refractivity contribution >= 4 is 46.2 Å². The smallest absolute Gasteiger partial charge is 0.278 e. The molecule has 2 N–H and O–H groups in total. The molecule has 0 saturated carbocycles. The molecule has 0 fully saturated rings. The van der Waals surface area contributed by atoms with Crippen LogP contribution in [0.4, 0.5) is 5.69 Å². The molecule has 0 radical (unpaired) electrons. The van der Waals surface area contributed by atoms with Crippen molar-refractivity contribution in [3.05, 3.63) is 46.4 Å². The van der Waals surface area contributed by atoms with Gasteiger partial charge in [-0.1, -0.05) is 31.7 Å². The minimum Gasteiger partial charge on any atom is -0.353 e. The minimum absolute atomic E-state index is 0.0840. The highest BCUT2D eigenvalue weighted by molar-refractivity contribution is 7.99. The number of aromatic nitrogens is 3. The Bertz CT molecular complexity index is 1070. The van der Waals surface area contributed by atoms with E-state index in [-0.39, 0.29) is 17.2 Å². The summed E-state index contributed by atoms with van der Waals surface area (Å²) in [7, 11) is 0. The maximum absolute atomic E-state index is 13.0. The van der Waals surface area contributed by atoms with Crippen LogP contribution in [0, 0.1) is 12.8 Å². The second-order valence-electron chi connectivity index (χ2n) is 7.32. The number of hydrogen-bond acceptors (Lipinski definition) is 5. The molecule has 1 aromatic carbocycles. The summed E-state index contributed by atoms with van der Waals surface area (Å²) in [6, 6.07) is 9.59. The van der Waals surface area contributed by atoms with Crippen molar-refractivity contribution in [2.45, 2.75) is 43.8 Å². The molecule has 3 aromatic rings. The zero-order valence-corrected chi connectivity index (χ0v) is 18.7. The maximum Gasteiger partial charge on any atom is 0.278 e. The molecule has 29 heavy (non-hydrogen) atoms. The lowest BCUT2D eigenvalue weighted by Gasteiger charge is -2.13. The predicted molar refractivity (Wildman–Crippen MR) is 122 cm³/mol. The highest BCUT2D eigenvalue weighted by atomic mass is 32.2. The Morgan fingerprint density at radius 1 is 1.31 bits per heavy atom. The number of thioether (sulfide) groups is 2. The molecule has 0 aliphatic rings. The van der Waals surface area contributed by atoms with Gasteiger partial charge in [0.1, 0.15) is 5.52 Å². The Morgan fingerprint density at radius 3 is 2.83 bits per heavy atom. The van der Waals surface area contributed by atoms with E-state index >= 15 is 0 Å². The van der Waals surface area contributed by atoms with E-state index in [0.29, 0.717) is 28.7 Å². The van der Waals surface area contributed by atoms with Crippen LogP contribution >= 0.6 is 23.5 Å². The molecule has 1 amide bonds. The third-order valence-electron chi connectivity index (χ3n) is 4.45. The van der Waals surface area contributed by atoms with E-state index in [2.05, 4.69) is 29.1 Å². The average Bonchev–Trinajstić information content (AvgIpc) is 3.06. The summed E-state index contributed by atoms with van der Waals surface area (Å²) in [5.74, 6) is 0.531. The van der Waals surface area contributed by atoms with Crippen molar-refractivity contribution in [2.24, 2.45) is 5.92 Å². The van der Waals surface area contributed by atoms with Crippen LogP contribution in [0.25, 0.3) is 11.0 Å². The fraction of sp³-hybridized carbons (Fsp3) is 0.381. The normalized spacial score (nSPS) is 11.3. The average molecular weight is 431 g/mol.